The molecule has 2 aromatic carbocycles. The summed E-state index contributed by atoms with van der Waals surface area (Å²) in [6.07, 6.45) is 7.13. The first kappa shape index (κ1) is 22.7. The van der Waals surface area contributed by atoms with Gasteiger partial charge in [0.2, 0.25) is 5.82 Å². The minimum absolute atomic E-state index is 0.0988. The Hall–Kier alpha value is -2.63. The van der Waals surface area contributed by atoms with Gasteiger partial charge in [0.25, 0.3) is 0 Å². The lowest BCUT2D eigenvalue weighted by Crippen LogP contribution is -2.07. The van der Waals surface area contributed by atoms with Crippen LogP contribution >= 0.6 is 0 Å². The molecule has 0 fully saturated rings. The van der Waals surface area contributed by atoms with E-state index in [2.05, 4.69) is 12.1 Å². The van der Waals surface area contributed by atoms with E-state index in [4.69, 9.17) is 9.47 Å². The molecule has 0 heterocycles. The van der Waals surface area contributed by atoms with E-state index in [9.17, 15) is 14.5 Å². The lowest BCUT2D eigenvalue weighted by Gasteiger charge is -2.14. The van der Waals surface area contributed by atoms with Crippen molar-refractivity contribution in [1.29, 1.82) is 0 Å². The van der Waals surface area contributed by atoms with Crippen LogP contribution in [0.4, 0.5) is 10.1 Å². The number of nitro benzene ring substituents is 1. The number of nitrogens with zero attached hydrogens (tertiary/aromatic N) is 1. The van der Waals surface area contributed by atoms with Crippen molar-refractivity contribution >= 4 is 5.69 Å². The molecule has 6 heteroatoms. The fraction of sp³-hybridized carbons (Fsp3) is 0.478. The van der Waals surface area contributed by atoms with Crippen LogP contribution in [0.2, 0.25) is 0 Å². The maximum atomic E-state index is 13.4. The van der Waals surface area contributed by atoms with Crippen LogP contribution in [0.3, 0.4) is 0 Å². The van der Waals surface area contributed by atoms with Crippen molar-refractivity contribution in [2.75, 3.05) is 7.11 Å². The molecule has 0 atom stereocenters. The second kappa shape index (κ2) is 11.4. The summed E-state index contributed by atoms with van der Waals surface area (Å²) in [7, 11) is 1.65. The summed E-state index contributed by atoms with van der Waals surface area (Å²) < 4.78 is 24.5. The number of aryl methyl sites for hydroxylation is 2. The Kier molecular flexibility index (Phi) is 8.90. The van der Waals surface area contributed by atoms with Gasteiger partial charge in [-0.1, -0.05) is 31.4 Å². The lowest BCUT2D eigenvalue weighted by atomic mass is 10.0. The molecule has 2 aromatic rings. The fourth-order valence-corrected chi connectivity index (χ4v) is 3.26. The molecule has 0 unspecified atom stereocenters. The number of ether oxygens (including phenoxy) is 2. The van der Waals surface area contributed by atoms with Gasteiger partial charge < -0.3 is 9.47 Å². The molecule has 0 amide bonds. The smallest absolute Gasteiger partial charge is 0.305 e. The topological polar surface area (TPSA) is 61.6 Å². The van der Waals surface area contributed by atoms with Crippen molar-refractivity contribution in [2.45, 2.75) is 64.9 Å². The van der Waals surface area contributed by atoms with Crippen LogP contribution in [-0.4, -0.2) is 18.1 Å². The van der Waals surface area contributed by atoms with Crippen molar-refractivity contribution in [3.8, 4) is 11.5 Å². The first-order chi connectivity index (χ1) is 13.9. The molecule has 0 aromatic heterocycles. The highest BCUT2D eigenvalue weighted by Gasteiger charge is 2.14. The number of methoxy groups -OCH3 is 1. The van der Waals surface area contributed by atoms with E-state index in [0.29, 0.717) is 0 Å². The highest BCUT2D eigenvalue weighted by Crippen LogP contribution is 2.29. The van der Waals surface area contributed by atoms with Crippen molar-refractivity contribution < 1.29 is 18.8 Å². The zero-order valence-electron chi connectivity index (χ0n) is 17.4. The third-order valence-corrected chi connectivity index (χ3v) is 4.73. The van der Waals surface area contributed by atoms with Crippen LogP contribution in [0.1, 0.15) is 57.1 Å². The SMILES string of the molecule is COc1ccc(CCCCCCCc2ccc(F)c([N+](=O)[O-])c2)cc1OC(C)C. The summed E-state index contributed by atoms with van der Waals surface area (Å²) in [6, 6.07) is 10.2. The Bertz CT molecular complexity index is 807. The second-order valence-electron chi connectivity index (χ2n) is 7.46. The van der Waals surface area contributed by atoms with E-state index in [0.717, 1.165) is 62.0 Å². The van der Waals surface area contributed by atoms with E-state index in [1.807, 2.05) is 19.9 Å². The molecule has 0 N–H and O–H groups in total. The van der Waals surface area contributed by atoms with Gasteiger partial charge in [-0.3, -0.25) is 10.1 Å². The van der Waals surface area contributed by atoms with Gasteiger partial charge in [0, 0.05) is 6.07 Å². The van der Waals surface area contributed by atoms with Gasteiger partial charge in [-0.2, -0.15) is 4.39 Å². The third-order valence-electron chi connectivity index (χ3n) is 4.73. The van der Waals surface area contributed by atoms with Gasteiger partial charge in [-0.15, -0.1) is 0 Å². The highest BCUT2D eigenvalue weighted by molar-refractivity contribution is 5.43. The number of benzene rings is 2. The molecule has 0 saturated heterocycles. The largest absolute Gasteiger partial charge is 0.493 e. The van der Waals surface area contributed by atoms with Gasteiger partial charge in [0.15, 0.2) is 11.5 Å². The molecule has 0 radical (unpaired) electrons. The number of unbranched alkanes of at least 4 members (excludes halogenated alkanes) is 4. The zero-order valence-corrected chi connectivity index (χ0v) is 17.4. The number of hydrogen-bond acceptors (Lipinski definition) is 4. The highest BCUT2D eigenvalue weighted by atomic mass is 19.1. The van der Waals surface area contributed by atoms with Crippen molar-refractivity contribution in [3.05, 3.63) is 63.5 Å². The van der Waals surface area contributed by atoms with Gasteiger partial charge >= 0.3 is 5.69 Å². The quantitative estimate of drug-likeness (QED) is 0.238. The summed E-state index contributed by atoms with van der Waals surface area (Å²) in [6.45, 7) is 3.99. The molecule has 5 nitrogen and oxygen atoms in total. The predicted octanol–water partition coefficient (Wildman–Crippen LogP) is 6.27. The minimum atomic E-state index is -0.778. The lowest BCUT2D eigenvalue weighted by molar-refractivity contribution is -0.387. The first-order valence-electron chi connectivity index (χ1n) is 10.2. The van der Waals surface area contributed by atoms with E-state index in [-0.39, 0.29) is 6.10 Å². The van der Waals surface area contributed by atoms with Crippen LogP contribution in [-0.2, 0) is 12.8 Å². The molecule has 29 heavy (non-hydrogen) atoms. The molecule has 0 bridgehead atoms. The Labute approximate surface area is 172 Å². The maximum absolute atomic E-state index is 13.4. The molecule has 0 aliphatic carbocycles. The van der Waals surface area contributed by atoms with Crippen LogP contribution in [0, 0.1) is 15.9 Å². The summed E-state index contributed by atoms with van der Waals surface area (Å²) in [5, 5.41) is 10.8. The first-order valence-corrected chi connectivity index (χ1v) is 10.2. The molecule has 2 rings (SSSR count). The molecule has 0 aliphatic heterocycles. The van der Waals surface area contributed by atoms with E-state index in [1.165, 1.54) is 17.7 Å². The summed E-state index contributed by atoms with van der Waals surface area (Å²) >= 11 is 0. The monoisotopic (exact) mass is 403 g/mol. The number of rotatable bonds is 12. The fourth-order valence-electron chi connectivity index (χ4n) is 3.26. The Morgan fingerprint density at radius 1 is 0.931 bits per heavy atom. The second-order valence-corrected chi connectivity index (χ2v) is 7.46. The van der Waals surface area contributed by atoms with Gasteiger partial charge in [-0.25, -0.2) is 0 Å². The van der Waals surface area contributed by atoms with Crippen molar-refractivity contribution in [1.82, 2.24) is 0 Å². The van der Waals surface area contributed by atoms with Crippen LogP contribution < -0.4 is 9.47 Å². The van der Waals surface area contributed by atoms with Crippen molar-refractivity contribution in [3.63, 3.8) is 0 Å². The average Bonchev–Trinajstić information content (AvgIpc) is 2.68. The summed E-state index contributed by atoms with van der Waals surface area (Å²) in [4.78, 5) is 10.1. The van der Waals surface area contributed by atoms with E-state index in [1.54, 1.807) is 13.2 Å². The van der Waals surface area contributed by atoms with Crippen LogP contribution in [0.15, 0.2) is 36.4 Å². The van der Waals surface area contributed by atoms with Crippen molar-refractivity contribution in [2.24, 2.45) is 0 Å². The van der Waals surface area contributed by atoms with E-state index < -0.39 is 16.4 Å². The zero-order chi connectivity index (χ0) is 21.2. The van der Waals surface area contributed by atoms with Gasteiger partial charge in [0.05, 0.1) is 18.1 Å². The summed E-state index contributed by atoms with van der Waals surface area (Å²) in [5.41, 5.74) is 1.61. The van der Waals surface area contributed by atoms with Gasteiger partial charge in [-0.05, 0) is 68.9 Å². The predicted molar refractivity (Wildman–Crippen MR) is 112 cm³/mol. The van der Waals surface area contributed by atoms with Crippen LogP contribution in [0.5, 0.6) is 11.5 Å². The Morgan fingerprint density at radius 3 is 2.10 bits per heavy atom. The minimum Gasteiger partial charge on any atom is -0.493 e. The maximum Gasteiger partial charge on any atom is 0.305 e. The van der Waals surface area contributed by atoms with Gasteiger partial charge in [0.1, 0.15) is 0 Å². The molecule has 158 valence electrons. The number of halogens is 1. The third kappa shape index (κ3) is 7.37. The summed E-state index contributed by atoms with van der Waals surface area (Å²) in [5.74, 6) is 0.760. The molecule has 0 saturated carbocycles. The average molecular weight is 403 g/mol. The molecular formula is C23H30FNO4. The molecular weight excluding hydrogens is 373 g/mol. The standard InChI is InChI=1S/C23H30FNO4/c1-17(2)29-23-16-19(12-14-22(23)28-3)10-8-6-4-5-7-9-18-11-13-20(24)21(15-18)25(26)27/h11-17H,4-10H2,1-3H3. The molecule has 0 aliphatic rings. The number of nitro groups is 1. The normalized spacial score (nSPS) is 10.9. The Morgan fingerprint density at radius 2 is 1.52 bits per heavy atom. The van der Waals surface area contributed by atoms with E-state index >= 15 is 0 Å². The number of hydrogen-bond donors (Lipinski definition) is 0. The Balaban J connectivity index is 1.70. The van der Waals surface area contributed by atoms with Crippen LogP contribution in [0.25, 0.3) is 0 Å². The molecule has 0 spiro atoms.